The average molecular weight is 377 g/mol. The van der Waals surface area contributed by atoms with Crippen molar-refractivity contribution in [2.75, 3.05) is 11.9 Å². The normalized spacial score (nSPS) is 11.2. The molecule has 0 unspecified atom stereocenters. The van der Waals surface area contributed by atoms with Crippen LogP contribution >= 0.6 is 11.6 Å². The first kappa shape index (κ1) is 19.2. The Hall–Kier alpha value is -3.11. The van der Waals surface area contributed by atoms with E-state index < -0.39 is 30.4 Å². The van der Waals surface area contributed by atoms with E-state index in [1.807, 2.05) is 6.07 Å². The molecule has 1 atom stereocenters. The maximum Gasteiger partial charge on any atom is 0.347 e. The Kier molecular flexibility index (Phi) is 6.53. The van der Waals surface area contributed by atoms with Crippen molar-refractivity contribution in [1.29, 1.82) is 5.26 Å². The Morgan fingerprint density at radius 1 is 1.27 bits per heavy atom. The molecule has 0 spiro atoms. The van der Waals surface area contributed by atoms with Gasteiger partial charge >= 0.3 is 5.97 Å². The molecule has 1 N–H and O–H groups in total. The van der Waals surface area contributed by atoms with Crippen molar-refractivity contribution in [1.82, 2.24) is 0 Å². The molecule has 0 aliphatic carbocycles. The molecule has 1 amide bonds. The number of nitrogens with zero attached hydrogens (tertiary/aromatic N) is 1. The Morgan fingerprint density at radius 2 is 1.96 bits per heavy atom. The summed E-state index contributed by atoms with van der Waals surface area (Å²) in [4.78, 5) is 23.6. The number of amides is 1. The zero-order chi connectivity index (χ0) is 19.1. The van der Waals surface area contributed by atoms with Crippen LogP contribution in [0.2, 0.25) is 5.02 Å². The van der Waals surface area contributed by atoms with E-state index in [1.54, 1.807) is 24.3 Å². The third kappa shape index (κ3) is 5.46. The average Bonchev–Trinajstić information content (AvgIpc) is 2.63. The van der Waals surface area contributed by atoms with E-state index in [0.29, 0.717) is 11.3 Å². The molecule has 0 bridgehead atoms. The summed E-state index contributed by atoms with van der Waals surface area (Å²) in [6.45, 7) is 0.938. The van der Waals surface area contributed by atoms with Crippen LogP contribution in [0.3, 0.4) is 0 Å². The summed E-state index contributed by atoms with van der Waals surface area (Å²) in [6.07, 6.45) is -0.948. The number of anilines is 1. The predicted octanol–water partition coefficient (Wildman–Crippen LogP) is 3.30. The molecule has 0 saturated heterocycles. The number of nitrogens with one attached hydrogen (secondary N) is 1. The van der Waals surface area contributed by atoms with Crippen molar-refractivity contribution < 1.29 is 23.5 Å². The lowest BCUT2D eigenvalue weighted by molar-refractivity contribution is -0.153. The topological polar surface area (TPSA) is 88.4 Å². The molecule has 0 aromatic heterocycles. The van der Waals surface area contributed by atoms with Gasteiger partial charge in [0.15, 0.2) is 12.7 Å². The molecule has 2 aromatic rings. The molecule has 0 radical (unpaired) electrons. The molecule has 2 rings (SSSR count). The second kappa shape index (κ2) is 8.83. The van der Waals surface area contributed by atoms with Crippen LogP contribution in [-0.4, -0.2) is 24.6 Å². The van der Waals surface area contributed by atoms with Gasteiger partial charge in [0.05, 0.1) is 16.7 Å². The third-order valence-corrected chi connectivity index (χ3v) is 3.47. The summed E-state index contributed by atoms with van der Waals surface area (Å²) < 4.78 is 23.3. The van der Waals surface area contributed by atoms with Gasteiger partial charge in [-0.1, -0.05) is 11.6 Å². The van der Waals surface area contributed by atoms with Crippen LogP contribution in [0.15, 0.2) is 42.5 Å². The van der Waals surface area contributed by atoms with Crippen LogP contribution in [0.1, 0.15) is 12.5 Å². The van der Waals surface area contributed by atoms with Gasteiger partial charge < -0.3 is 14.8 Å². The molecular weight excluding hydrogens is 363 g/mol. The Balaban J connectivity index is 1.81. The van der Waals surface area contributed by atoms with Gasteiger partial charge in [-0.05, 0) is 49.4 Å². The van der Waals surface area contributed by atoms with Gasteiger partial charge in [-0.2, -0.15) is 5.26 Å². The number of hydrogen-bond donors (Lipinski definition) is 1. The molecule has 0 heterocycles. The SMILES string of the molecule is C[C@@H](Oc1ccc(C#N)cc1)C(=O)OCC(=O)Nc1ccc(F)c(Cl)c1. The van der Waals surface area contributed by atoms with E-state index in [1.165, 1.54) is 19.1 Å². The number of hydrogen-bond acceptors (Lipinski definition) is 5. The van der Waals surface area contributed by atoms with Crippen LogP contribution in [0.5, 0.6) is 5.75 Å². The first-order valence-corrected chi connectivity index (χ1v) is 7.85. The fourth-order valence-electron chi connectivity index (χ4n) is 1.89. The molecule has 6 nitrogen and oxygen atoms in total. The third-order valence-electron chi connectivity index (χ3n) is 3.18. The number of carbonyl (C=O) groups excluding carboxylic acids is 2. The van der Waals surface area contributed by atoms with E-state index in [0.717, 1.165) is 6.07 Å². The molecule has 0 saturated carbocycles. The maximum absolute atomic E-state index is 13.1. The second-order valence-corrected chi connectivity index (χ2v) is 5.59. The zero-order valence-corrected chi connectivity index (χ0v) is 14.4. The van der Waals surface area contributed by atoms with Crippen molar-refractivity contribution >= 4 is 29.2 Å². The summed E-state index contributed by atoms with van der Waals surface area (Å²) in [5.41, 5.74) is 0.740. The Labute approximate surface area is 154 Å². The van der Waals surface area contributed by atoms with E-state index in [-0.39, 0.29) is 10.7 Å². The summed E-state index contributed by atoms with van der Waals surface area (Å²) in [6, 6.07) is 11.8. The number of rotatable bonds is 6. The second-order valence-electron chi connectivity index (χ2n) is 5.18. The minimum Gasteiger partial charge on any atom is -0.479 e. The summed E-state index contributed by atoms with van der Waals surface area (Å²) >= 11 is 5.62. The first-order chi connectivity index (χ1) is 12.4. The molecule has 0 aliphatic rings. The predicted molar refractivity (Wildman–Crippen MR) is 92.2 cm³/mol. The highest BCUT2D eigenvalue weighted by Gasteiger charge is 2.18. The van der Waals surface area contributed by atoms with Crippen molar-refractivity contribution in [2.24, 2.45) is 0 Å². The van der Waals surface area contributed by atoms with Crippen LogP contribution in [0.4, 0.5) is 10.1 Å². The quantitative estimate of drug-likeness (QED) is 0.781. The Morgan fingerprint density at radius 3 is 2.58 bits per heavy atom. The summed E-state index contributed by atoms with van der Waals surface area (Å²) in [5, 5.41) is 11.0. The van der Waals surface area contributed by atoms with Crippen molar-refractivity contribution in [3.8, 4) is 11.8 Å². The standard InChI is InChI=1S/C18H14ClFN2O4/c1-11(26-14-5-2-12(9-21)3-6-14)18(24)25-10-17(23)22-13-4-7-16(20)15(19)8-13/h2-8,11H,10H2,1H3,(H,22,23)/t11-/m1/s1. The maximum atomic E-state index is 13.1. The highest BCUT2D eigenvalue weighted by Crippen LogP contribution is 2.19. The van der Waals surface area contributed by atoms with E-state index in [9.17, 15) is 14.0 Å². The minimum atomic E-state index is -0.948. The fourth-order valence-corrected chi connectivity index (χ4v) is 2.07. The minimum absolute atomic E-state index is 0.135. The molecule has 0 aliphatic heterocycles. The number of nitriles is 1. The van der Waals surface area contributed by atoms with Gasteiger partial charge in [0.2, 0.25) is 0 Å². The Bertz CT molecular complexity index is 849. The smallest absolute Gasteiger partial charge is 0.347 e. The first-order valence-electron chi connectivity index (χ1n) is 7.47. The molecule has 26 heavy (non-hydrogen) atoms. The lowest BCUT2D eigenvalue weighted by Crippen LogP contribution is -2.29. The number of halogens is 2. The van der Waals surface area contributed by atoms with Gasteiger partial charge in [0, 0.05) is 5.69 Å². The largest absolute Gasteiger partial charge is 0.479 e. The lowest BCUT2D eigenvalue weighted by Gasteiger charge is -2.14. The molecular formula is C18H14ClFN2O4. The van der Waals surface area contributed by atoms with Crippen LogP contribution in [0.25, 0.3) is 0 Å². The van der Waals surface area contributed by atoms with Crippen molar-refractivity contribution in [3.05, 3.63) is 58.9 Å². The van der Waals surface area contributed by atoms with Gasteiger partial charge in [-0.25, -0.2) is 9.18 Å². The number of benzene rings is 2. The van der Waals surface area contributed by atoms with Gasteiger partial charge in [0.25, 0.3) is 5.91 Å². The van der Waals surface area contributed by atoms with E-state index in [2.05, 4.69) is 5.32 Å². The molecule has 134 valence electrons. The van der Waals surface area contributed by atoms with Crippen molar-refractivity contribution in [3.63, 3.8) is 0 Å². The molecule has 8 heteroatoms. The summed E-state index contributed by atoms with van der Waals surface area (Å²) in [7, 11) is 0. The van der Waals surface area contributed by atoms with Crippen LogP contribution in [-0.2, 0) is 14.3 Å². The van der Waals surface area contributed by atoms with E-state index >= 15 is 0 Å². The number of carbonyl (C=O) groups is 2. The zero-order valence-electron chi connectivity index (χ0n) is 13.7. The number of esters is 1. The van der Waals surface area contributed by atoms with Crippen molar-refractivity contribution in [2.45, 2.75) is 13.0 Å². The van der Waals surface area contributed by atoms with Crippen LogP contribution in [0, 0.1) is 17.1 Å². The van der Waals surface area contributed by atoms with Gasteiger partial charge in [-0.15, -0.1) is 0 Å². The fraction of sp³-hybridized carbons (Fsp3) is 0.167. The van der Waals surface area contributed by atoms with Gasteiger partial charge in [-0.3, -0.25) is 4.79 Å². The van der Waals surface area contributed by atoms with Gasteiger partial charge in [0.1, 0.15) is 11.6 Å². The number of ether oxygens (including phenoxy) is 2. The summed E-state index contributed by atoms with van der Waals surface area (Å²) in [5.74, 6) is -1.56. The molecule has 0 fully saturated rings. The lowest BCUT2D eigenvalue weighted by atomic mass is 10.2. The highest BCUT2D eigenvalue weighted by atomic mass is 35.5. The van der Waals surface area contributed by atoms with E-state index in [4.69, 9.17) is 26.3 Å². The monoisotopic (exact) mass is 376 g/mol. The van der Waals surface area contributed by atoms with Crippen LogP contribution < -0.4 is 10.1 Å². The highest BCUT2D eigenvalue weighted by molar-refractivity contribution is 6.31. The molecule has 2 aromatic carbocycles.